The van der Waals surface area contributed by atoms with Crippen molar-refractivity contribution in [2.24, 2.45) is 0 Å². The van der Waals surface area contributed by atoms with Gasteiger partial charge in [-0.3, -0.25) is 4.90 Å². The Morgan fingerprint density at radius 2 is 1.67 bits per heavy atom. The smallest absolute Gasteiger partial charge is 0.165 e. The zero-order chi connectivity index (χ0) is 16.8. The maximum atomic E-state index is 13.5. The van der Waals surface area contributed by atoms with Crippen LogP contribution >= 0.6 is 0 Å². The maximum absolute atomic E-state index is 13.5. The molecule has 0 N–H and O–H groups in total. The molecule has 0 aliphatic carbocycles. The molecule has 24 heavy (non-hydrogen) atoms. The highest BCUT2D eigenvalue weighted by Crippen LogP contribution is 2.20. The number of piperazine rings is 1. The Morgan fingerprint density at radius 3 is 2.33 bits per heavy atom. The third-order valence-electron chi connectivity index (χ3n) is 4.31. The molecule has 2 aromatic rings. The Bertz CT molecular complexity index is 640. The van der Waals surface area contributed by atoms with Crippen molar-refractivity contribution in [3.8, 4) is 11.5 Å². The summed E-state index contributed by atoms with van der Waals surface area (Å²) in [5.74, 6) is 0.902. The van der Waals surface area contributed by atoms with Crippen LogP contribution in [0.25, 0.3) is 0 Å². The van der Waals surface area contributed by atoms with E-state index in [0.717, 1.165) is 38.5 Å². The number of rotatable bonds is 6. The number of methoxy groups -OCH3 is 1. The summed E-state index contributed by atoms with van der Waals surface area (Å²) in [6.07, 6.45) is 0. The van der Waals surface area contributed by atoms with E-state index in [2.05, 4.69) is 21.9 Å². The summed E-state index contributed by atoms with van der Waals surface area (Å²) in [6, 6.07) is 14.7. The lowest BCUT2D eigenvalue weighted by Crippen LogP contribution is -2.47. The minimum atomic E-state index is -0.304. The maximum Gasteiger partial charge on any atom is 0.165 e. The van der Waals surface area contributed by atoms with Crippen molar-refractivity contribution >= 4 is 5.69 Å². The summed E-state index contributed by atoms with van der Waals surface area (Å²) in [5, 5.41) is 0. The molecule has 0 radical (unpaired) electrons. The van der Waals surface area contributed by atoms with Crippen LogP contribution in [0.4, 0.5) is 10.1 Å². The van der Waals surface area contributed by atoms with Gasteiger partial charge in [-0.05, 0) is 36.4 Å². The molecule has 0 spiro atoms. The van der Waals surface area contributed by atoms with Crippen molar-refractivity contribution < 1.29 is 13.9 Å². The molecule has 3 rings (SSSR count). The summed E-state index contributed by atoms with van der Waals surface area (Å²) in [7, 11) is 1.68. The molecular formula is C19H23FN2O2. The summed E-state index contributed by atoms with van der Waals surface area (Å²) >= 11 is 0. The van der Waals surface area contributed by atoms with E-state index in [9.17, 15) is 4.39 Å². The van der Waals surface area contributed by atoms with E-state index < -0.39 is 0 Å². The summed E-state index contributed by atoms with van der Waals surface area (Å²) < 4.78 is 24.2. The van der Waals surface area contributed by atoms with E-state index >= 15 is 0 Å². The Hall–Kier alpha value is -2.27. The summed E-state index contributed by atoms with van der Waals surface area (Å²) in [4.78, 5) is 4.72. The highest BCUT2D eigenvalue weighted by molar-refractivity contribution is 5.49. The molecule has 4 nitrogen and oxygen atoms in total. The molecule has 0 bridgehead atoms. The van der Waals surface area contributed by atoms with E-state index in [1.165, 1.54) is 11.8 Å². The molecule has 0 amide bonds. The molecule has 1 fully saturated rings. The highest BCUT2D eigenvalue weighted by Gasteiger charge is 2.17. The molecule has 1 saturated heterocycles. The van der Waals surface area contributed by atoms with Gasteiger partial charge in [0, 0.05) is 38.4 Å². The lowest BCUT2D eigenvalue weighted by Gasteiger charge is -2.36. The molecule has 1 aliphatic heterocycles. The normalized spacial score (nSPS) is 15.3. The minimum Gasteiger partial charge on any atom is -0.497 e. The van der Waals surface area contributed by atoms with Crippen molar-refractivity contribution in [1.82, 2.24) is 4.90 Å². The van der Waals surface area contributed by atoms with E-state index in [1.807, 2.05) is 12.1 Å². The molecule has 0 atom stereocenters. The topological polar surface area (TPSA) is 24.9 Å². The van der Waals surface area contributed by atoms with Crippen molar-refractivity contribution in [3.05, 3.63) is 54.3 Å². The van der Waals surface area contributed by atoms with E-state index in [4.69, 9.17) is 9.47 Å². The van der Waals surface area contributed by atoms with Crippen molar-refractivity contribution in [1.29, 1.82) is 0 Å². The van der Waals surface area contributed by atoms with Crippen molar-refractivity contribution in [2.45, 2.75) is 0 Å². The minimum absolute atomic E-state index is 0.304. The average molecular weight is 330 g/mol. The Morgan fingerprint density at radius 1 is 0.958 bits per heavy atom. The highest BCUT2D eigenvalue weighted by atomic mass is 19.1. The van der Waals surface area contributed by atoms with Gasteiger partial charge in [-0.15, -0.1) is 0 Å². The number of hydrogen-bond acceptors (Lipinski definition) is 4. The van der Waals surface area contributed by atoms with Gasteiger partial charge in [-0.2, -0.15) is 0 Å². The van der Waals surface area contributed by atoms with E-state index in [-0.39, 0.29) is 5.82 Å². The van der Waals surface area contributed by atoms with Gasteiger partial charge in [-0.25, -0.2) is 4.39 Å². The van der Waals surface area contributed by atoms with Crippen LogP contribution in [0.15, 0.2) is 48.5 Å². The number of ether oxygens (including phenoxy) is 2. The Labute approximate surface area is 142 Å². The molecule has 0 aromatic heterocycles. The molecule has 2 aromatic carbocycles. The number of hydrogen-bond donors (Lipinski definition) is 0. The standard InChI is InChI=1S/C19H23FN2O2/c1-23-17-8-6-16(7-9-17)22-12-10-21(11-13-22)14-15-24-19-5-3-2-4-18(19)20/h2-9H,10-15H2,1H3. The number of halogens is 1. The average Bonchev–Trinajstić information content (AvgIpc) is 2.64. The first kappa shape index (κ1) is 16.6. The second-order valence-corrected chi connectivity index (χ2v) is 5.81. The van der Waals surface area contributed by atoms with E-state index in [1.54, 1.807) is 25.3 Å². The zero-order valence-corrected chi connectivity index (χ0v) is 14.0. The van der Waals surface area contributed by atoms with Crippen LogP contribution in [0.2, 0.25) is 0 Å². The molecule has 0 saturated carbocycles. The largest absolute Gasteiger partial charge is 0.497 e. The quantitative estimate of drug-likeness (QED) is 0.813. The van der Waals surface area contributed by atoms with Gasteiger partial charge in [0.2, 0.25) is 0 Å². The first-order valence-electron chi connectivity index (χ1n) is 8.25. The number of benzene rings is 2. The molecule has 128 valence electrons. The van der Waals surface area contributed by atoms with Gasteiger partial charge in [0.25, 0.3) is 0 Å². The van der Waals surface area contributed by atoms with Crippen LogP contribution in [0, 0.1) is 5.82 Å². The monoisotopic (exact) mass is 330 g/mol. The molecule has 1 aliphatic rings. The van der Waals surface area contributed by atoms with Crippen molar-refractivity contribution in [3.63, 3.8) is 0 Å². The van der Waals surface area contributed by atoms with Crippen LogP contribution in [0.1, 0.15) is 0 Å². The first-order chi connectivity index (χ1) is 11.8. The zero-order valence-electron chi connectivity index (χ0n) is 14.0. The first-order valence-corrected chi connectivity index (χ1v) is 8.25. The fourth-order valence-electron chi connectivity index (χ4n) is 2.87. The van der Waals surface area contributed by atoms with Crippen LogP contribution in [0.5, 0.6) is 11.5 Å². The molecule has 0 unspecified atom stereocenters. The van der Waals surface area contributed by atoms with Gasteiger partial charge in [0.15, 0.2) is 11.6 Å². The van der Waals surface area contributed by atoms with Gasteiger partial charge in [0.1, 0.15) is 12.4 Å². The van der Waals surface area contributed by atoms with Gasteiger partial charge in [0.05, 0.1) is 7.11 Å². The van der Waals surface area contributed by atoms with Gasteiger partial charge >= 0.3 is 0 Å². The second-order valence-electron chi connectivity index (χ2n) is 5.81. The second kappa shape index (κ2) is 8.02. The Kier molecular flexibility index (Phi) is 5.54. The number of para-hydroxylation sites is 1. The van der Waals surface area contributed by atoms with Crippen LogP contribution in [0.3, 0.4) is 0 Å². The number of anilines is 1. The third kappa shape index (κ3) is 4.17. The fraction of sp³-hybridized carbons (Fsp3) is 0.368. The predicted molar refractivity (Wildman–Crippen MR) is 93.5 cm³/mol. The lowest BCUT2D eigenvalue weighted by atomic mass is 10.2. The van der Waals surface area contributed by atoms with Crippen LogP contribution in [-0.2, 0) is 0 Å². The molecule has 5 heteroatoms. The number of nitrogens with zero attached hydrogens (tertiary/aromatic N) is 2. The molecular weight excluding hydrogens is 307 g/mol. The summed E-state index contributed by atoms with van der Waals surface area (Å²) in [6.45, 7) is 5.23. The van der Waals surface area contributed by atoms with Gasteiger partial charge < -0.3 is 14.4 Å². The lowest BCUT2D eigenvalue weighted by molar-refractivity contribution is 0.197. The van der Waals surface area contributed by atoms with Crippen LogP contribution < -0.4 is 14.4 Å². The van der Waals surface area contributed by atoms with E-state index in [0.29, 0.717) is 12.4 Å². The summed E-state index contributed by atoms with van der Waals surface area (Å²) in [5.41, 5.74) is 1.22. The Balaban J connectivity index is 1.42. The fourth-order valence-corrected chi connectivity index (χ4v) is 2.87. The van der Waals surface area contributed by atoms with Crippen molar-refractivity contribution in [2.75, 3.05) is 51.3 Å². The van der Waals surface area contributed by atoms with Gasteiger partial charge in [-0.1, -0.05) is 12.1 Å². The predicted octanol–water partition coefficient (Wildman–Crippen LogP) is 3.04. The van der Waals surface area contributed by atoms with Crippen LogP contribution in [-0.4, -0.2) is 51.3 Å². The molecule has 1 heterocycles. The third-order valence-corrected chi connectivity index (χ3v) is 4.31. The SMILES string of the molecule is COc1ccc(N2CCN(CCOc3ccccc3F)CC2)cc1.